The third-order valence-electron chi connectivity index (χ3n) is 3.56. The fourth-order valence-corrected chi connectivity index (χ4v) is 2.37. The molecule has 3 aromatic rings. The van der Waals surface area contributed by atoms with Crippen molar-refractivity contribution in [1.82, 2.24) is 9.78 Å². The number of aryl methyl sites for hydroxylation is 1. The number of hydrogen-bond acceptors (Lipinski definition) is 3. The number of benzene rings is 2. The predicted octanol–water partition coefficient (Wildman–Crippen LogP) is 4.02. The summed E-state index contributed by atoms with van der Waals surface area (Å²) < 4.78 is 6.88. The van der Waals surface area contributed by atoms with Gasteiger partial charge in [0.25, 0.3) is 0 Å². The summed E-state index contributed by atoms with van der Waals surface area (Å²) >= 11 is 0. The molecule has 116 valence electrons. The van der Waals surface area contributed by atoms with Gasteiger partial charge < -0.3 is 4.74 Å². The molecule has 0 atom stereocenters. The number of esters is 1. The number of para-hydroxylation sites is 1. The molecule has 0 saturated carbocycles. The number of carbonyl (C=O) groups excluding carboxylic acids is 1. The molecule has 0 aliphatic heterocycles. The van der Waals surface area contributed by atoms with E-state index in [1.54, 1.807) is 17.8 Å². The first-order valence-corrected chi connectivity index (χ1v) is 7.58. The van der Waals surface area contributed by atoms with Crippen LogP contribution in [0.5, 0.6) is 0 Å². The fourth-order valence-electron chi connectivity index (χ4n) is 2.37. The molecule has 4 heteroatoms. The smallest absolute Gasteiger partial charge is 0.342 e. The molecule has 0 bridgehead atoms. The second-order valence-electron chi connectivity index (χ2n) is 5.26. The van der Waals surface area contributed by atoms with Crippen molar-refractivity contribution in [1.29, 1.82) is 0 Å². The number of hydrogen-bond donors (Lipinski definition) is 0. The van der Waals surface area contributed by atoms with Gasteiger partial charge >= 0.3 is 5.97 Å². The van der Waals surface area contributed by atoms with Crippen LogP contribution in [-0.4, -0.2) is 22.4 Å². The third kappa shape index (κ3) is 3.16. The quantitative estimate of drug-likeness (QED) is 0.684. The number of ether oxygens (including phenoxy) is 1. The van der Waals surface area contributed by atoms with Crippen LogP contribution in [0.25, 0.3) is 16.9 Å². The van der Waals surface area contributed by atoms with Crippen LogP contribution >= 0.6 is 0 Å². The minimum absolute atomic E-state index is 0.336. The topological polar surface area (TPSA) is 44.1 Å². The maximum absolute atomic E-state index is 12.3. The van der Waals surface area contributed by atoms with E-state index >= 15 is 0 Å². The zero-order chi connectivity index (χ0) is 16.2. The Hall–Kier alpha value is -2.88. The van der Waals surface area contributed by atoms with Crippen molar-refractivity contribution in [2.75, 3.05) is 6.61 Å². The molecule has 0 unspecified atom stereocenters. The van der Waals surface area contributed by atoms with Crippen LogP contribution in [0.15, 0.2) is 60.8 Å². The van der Waals surface area contributed by atoms with Gasteiger partial charge in [-0.1, -0.05) is 48.0 Å². The van der Waals surface area contributed by atoms with Crippen LogP contribution in [0.3, 0.4) is 0 Å². The van der Waals surface area contributed by atoms with Gasteiger partial charge in [0.2, 0.25) is 0 Å². The van der Waals surface area contributed by atoms with E-state index in [0.717, 1.165) is 16.8 Å². The third-order valence-corrected chi connectivity index (χ3v) is 3.56. The number of nitrogens with zero attached hydrogens (tertiary/aromatic N) is 2. The summed E-state index contributed by atoms with van der Waals surface area (Å²) in [5, 5.41) is 4.60. The molecule has 0 radical (unpaired) electrons. The van der Waals surface area contributed by atoms with E-state index in [1.807, 2.05) is 61.5 Å². The van der Waals surface area contributed by atoms with Crippen LogP contribution in [0.4, 0.5) is 0 Å². The molecule has 23 heavy (non-hydrogen) atoms. The van der Waals surface area contributed by atoms with Crippen LogP contribution in [-0.2, 0) is 4.74 Å². The average molecular weight is 306 g/mol. The van der Waals surface area contributed by atoms with Gasteiger partial charge in [0.05, 0.1) is 12.3 Å². The average Bonchev–Trinajstić information content (AvgIpc) is 3.02. The highest BCUT2D eigenvalue weighted by molar-refractivity contribution is 5.96. The highest BCUT2D eigenvalue weighted by Crippen LogP contribution is 2.24. The lowest BCUT2D eigenvalue weighted by Gasteiger charge is -2.02. The monoisotopic (exact) mass is 306 g/mol. The Morgan fingerprint density at radius 2 is 1.78 bits per heavy atom. The Bertz CT molecular complexity index is 805. The van der Waals surface area contributed by atoms with Crippen molar-refractivity contribution in [3.63, 3.8) is 0 Å². The molecule has 0 spiro atoms. The molecule has 0 aliphatic rings. The first-order chi connectivity index (χ1) is 11.2. The standard InChI is InChI=1S/C19H18N2O2/c1-3-23-19(22)17-13-21(16-7-5-4-6-8-16)20-18(17)15-11-9-14(2)10-12-15/h4-13H,3H2,1-2H3. The second kappa shape index (κ2) is 6.48. The van der Waals surface area contributed by atoms with Gasteiger partial charge in [-0.3, -0.25) is 0 Å². The van der Waals surface area contributed by atoms with Crippen molar-refractivity contribution in [3.05, 3.63) is 71.9 Å². The van der Waals surface area contributed by atoms with Crippen molar-refractivity contribution in [2.45, 2.75) is 13.8 Å². The van der Waals surface area contributed by atoms with Gasteiger partial charge in [0.15, 0.2) is 0 Å². The maximum atomic E-state index is 12.3. The minimum Gasteiger partial charge on any atom is -0.462 e. The van der Waals surface area contributed by atoms with E-state index in [-0.39, 0.29) is 5.97 Å². The lowest BCUT2D eigenvalue weighted by molar-refractivity contribution is 0.0527. The molecule has 3 rings (SSSR count). The SMILES string of the molecule is CCOC(=O)c1cn(-c2ccccc2)nc1-c1ccc(C)cc1. The largest absolute Gasteiger partial charge is 0.462 e. The van der Waals surface area contributed by atoms with E-state index in [0.29, 0.717) is 17.9 Å². The van der Waals surface area contributed by atoms with E-state index in [1.165, 1.54) is 0 Å². The van der Waals surface area contributed by atoms with E-state index in [2.05, 4.69) is 5.10 Å². The molecule has 4 nitrogen and oxygen atoms in total. The highest BCUT2D eigenvalue weighted by atomic mass is 16.5. The molecule has 0 saturated heterocycles. The van der Waals surface area contributed by atoms with Crippen molar-refractivity contribution in [2.24, 2.45) is 0 Å². The molecule has 1 aromatic heterocycles. The molecule has 0 fully saturated rings. The van der Waals surface area contributed by atoms with Crippen molar-refractivity contribution < 1.29 is 9.53 Å². The summed E-state index contributed by atoms with van der Waals surface area (Å²) in [6.45, 7) is 4.16. The van der Waals surface area contributed by atoms with Crippen LogP contribution in [0.2, 0.25) is 0 Å². The zero-order valence-corrected chi connectivity index (χ0v) is 13.2. The van der Waals surface area contributed by atoms with Crippen LogP contribution in [0, 0.1) is 6.92 Å². The first-order valence-electron chi connectivity index (χ1n) is 7.58. The van der Waals surface area contributed by atoms with Crippen LogP contribution in [0.1, 0.15) is 22.8 Å². The van der Waals surface area contributed by atoms with Gasteiger partial charge in [0, 0.05) is 11.8 Å². The Labute approximate surface area is 135 Å². The van der Waals surface area contributed by atoms with Crippen molar-refractivity contribution in [3.8, 4) is 16.9 Å². The lowest BCUT2D eigenvalue weighted by Crippen LogP contribution is -2.05. The van der Waals surface area contributed by atoms with Gasteiger partial charge in [-0.05, 0) is 26.0 Å². The van der Waals surface area contributed by atoms with E-state index in [9.17, 15) is 4.79 Å². The van der Waals surface area contributed by atoms with Gasteiger partial charge in [-0.15, -0.1) is 0 Å². The first kappa shape index (κ1) is 15.0. The predicted molar refractivity (Wildman–Crippen MR) is 89.7 cm³/mol. The van der Waals surface area contributed by atoms with Crippen molar-refractivity contribution >= 4 is 5.97 Å². The second-order valence-corrected chi connectivity index (χ2v) is 5.26. The number of carbonyl (C=O) groups is 1. The Kier molecular flexibility index (Phi) is 4.24. The Morgan fingerprint density at radius 3 is 2.43 bits per heavy atom. The molecule has 2 aromatic carbocycles. The van der Waals surface area contributed by atoms with E-state index in [4.69, 9.17) is 4.74 Å². The molecule has 1 heterocycles. The molecular weight excluding hydrogens is 288 g/mol. The lowest BCUT2D eigenvalue weighted by atomic mass is 10.1. The minimum atomic E-state index is -0.356. The molecule has 0 aliphatic carbocycles. The highest BCUT2D eigenvalue weighted by Gasteiger charge is 2.19. The summed E-state index contributed by atoms with van der Waals surface area (Å²) in [6.07, 6.45) is 1.72. The summed E-state index contributed by atoms with van der Waals surface area (Å²) in [4.78, 5) is 12.3. The van der Waals surface area contributed by atoms with Gasteiger partial charge in [-0.2, -0.15) is 5.10 Å². The summed E-state index contributed by atoms with van der Waals surface area (Å²) in [6, 6.07) is 17.7. The summed E-state index contributed by atoms with van der Waals surface area (Å²) in [5.74, 6) is -0.356. The van der Waals surface area contributed by atoms with Crippen LogP contribution < -0.4 is 0 Å². The fraction of sp³-hybridized carbons (Fsp3) is 0.158. The molecular formula is C19H18N2O2. The van der Waals surface area contributed by atoms with Gasteiger partial charge in [-0.25, -0.2) is 9.48 Å². The molecule has 0 amide bonds. The normalized spacial score (nSPS) is 10.5. The summed E-state index contributed by atoms with van der Waals surface area (Å²) in [5.41, 5.74) is 4.06. The Balaban J connectivity index is 2.10. The number of aromatic nitrogens is 2. The van der Waals surface area contributed by atoms with Gasteiger partial charge in [0.1, 0.15) is 11.3 Å². The summed E-state index contributed by atoms with van der Waals surface area (Å²) in [7, 11) is 0. The zero-order valence-electron chi connectivity index (χ0n) is 13.2. The maximum Gasteiger partial charge on any atom is 0.342 e. The molecule has 0 N–H and O–H groups in total. The number of rotatable bonds is 4. The Morgan fingerprint density at radius 1 is 1.09 bits per heavy atom. The van der Waals surface area contributed by atoms with E-state index < -0.39 is 0 Å².